The summed E-state index contributed by atoms with van der Waals surface area (Å²) in [5.41, 5.74) is 0. The van der Waals surface area contributed by atoms with Crippen LogP contribution in [0.4, 0.5) is 0 Å². The topological polar surface area (TPSA) is 87.2 Å². The van der Waals surface area contributed by atoms with Gasteiger partial charge in [0.05, 0.1) is 24.8 Å². The van der Waals surface area contributed by atoms with Gasteiger partial charge < -0.3 is 0 Å². The van der Waals surface area contributed by atoms with E-state index in [1.165, 1.54) is 6.33 Å². The summed E-state index contributed by atoms with van der Waals surface area (Å²) in [4.78, 5) is 8.16. The number of hydrogen-bond donors (Lipinski definition) is 0. The van der Waals surface area contributed by atoms with Gasteiger partial charge in [-0.3, -0.25) is 0 Å². The Morgan fingerprint density at radius 2 is 1.38 bits per heavy atom. The van der Waals surface area contributed by atoms with Crippen LogP contribution in [0.1, 0.15) is 0 Å². The molecule has 0 aromatic carbocycles. The summed E-state index contributed by atoms with van der Waals surface area (Å²) >= 11 is 0. The SMILES string of the molecule is c1cn(-c2cc(-n3ccnn3)ncn2)nn1. The summed E-state index contributed by atoms with van der Waals surface area (Å²) in [5, 5.41) is 15.1. The van der Waals surface area contributed by atoms with Crippen molar-refractivity contribution in [3.8, 4) is 11.6 Å². The van der Waals surface area contributed by atoms with Crippen LogP contribution in [-0.2, 0) is 0 Å². The second-order valence-corrected chi connectivity index (χ2v) is 2.93. The highest BCUT2D eigenvalue weighted by molar-refractivity contribution is 5.29. The van der Waals surface area contributed by atoms with Gasteiger partial charge >= 0.3 is 0 Å². The average molecular weight is 214 g/mol. The fourth-order valence-electron chi connectivity index (χ4n) is 1.25. The van der Waals surface area contributed by atoms with Gasteiger partial charge in [-0.15, -0.1) is 10.2 Å². The van der Waals surface area contributed by atoms with Gasteiger partial charge in [0.2, 0.25) is 0 Å². The molecule has 3 heterocycles. The molecule has 0 aliphatic heterocycles. The van der Waals surface area contributed by atoms with Crippen LogP contribution in [0.5, 0.6) is 0 Å². The molecule has 0 unspecified atom stereocenters. The van der Waals surface area contributed by atoms with E-state index >= 15 is 0 Å². The van der Waals surface area contributed by atoms with E-state index in [4.69, 9.17) is 0 Å². The molecule has 0 bridgehead atoms. The minimum Gasteiger partial charge on any atom is -0.217 e. The van der Waals surface area contributed by atoms with Crippen molar-refractivity contribution in [3.05, 3.63) is 37.2 Å². The molecule has 16 heavy (non-hydrogen) atoms. The van der Waals surface area contributed by atoms with Crippen molar-refractivity contribution in [2.45, 2.75) is 0 Å². The summed E-state index contributed by atoms with van der Waals surface area (Å²) in [7, 11) is 0. The lowest BCUT2D eigenvalue weighted by atomic mass is 10.5. The van der Waals surface area contributed by atoms with E-state index in [1.54, 1.807) is 40.2 Å². The lowest BCUT2D eigenvalue weighted by Crippen LogP contribution is -2.04. The molecule has 78 valence electrons. The van der Waals surface area contributed by atoms with Gasteiger partial charge in [0, 0.05) is 6.07 Å². The molecule has 8 nitrogen and oxygen atoms in total. The number of rotatable bonds is 2. The Morgan fingerprint density at radius 1 is 0.812 bits per heavy atom. The molecule has 0 saturated carbocycles. The first-order valence-corrected chi connectivity index (χ1v) is 4.49. The molecule has 3 aromatic heterocycles. The summed E-state index contributed by atoms with van der Waals surface area (Å²) in [6, 6.07) is 1.74. The molecule has 0 aliphatic carbocycles. The Labute approximate surface area is 89.6 Å². The first-order chi connectivity index (χ1) is 7.93. The van der Waals surface area contributed by atoms with E-state index < -0.39 is 0 Å². The lowest BCUT2D eigenvalue weighted by Gasteiger charge is -2.01. The Kier molecular flexibility index (Phi) is 1.89. The van der Waals surface area contributed by atoms with Gasteiger partial charge in [-0.1, -0.05) is 10.4 Å². The van der Waals surface area contributed by atoms with E-state index in [1.807, 2.05) is 0 Å². The monoisotopic (exact) mass is 214 g/mol. The normalized spacial score (nSPS) is 10.5. The lowest BCUT2D eigenvalue weighted by molar-refractivity contribution is 0.750. The van der Waals surface area contributed by atoms with Gasteiger partial charge in [0.15, 0.2) is 11.6 Å². The minimum atomic E-state index is 0.623. The van der Waals surface area contributed by atoms with E-state index in [0.29, 0.717) is 11.6 Å². The van der Waals surface area contributed by atoms with Crippen LogP contribution in [0.3, 0.4) is 0 Å². The fraction of sp³-hybridized carbons (Fsp3) is 0. The zero-order chi connectivity index (χ0) is 10.8. The highest BCUT2D eigenvalue weighted by Gasteiger charge is 2.03. The summed E-state index contributed by atoms with van der Waals surface area (Å²) in [6.07, 6.45) is 8.00. The third kappa shape index (κ3) is 1.41. The van der Waals surface area contributed by atoms with Crippen molar-refractivity contribution < 1.29 is 0 Å². The van der Waals surface area contributed by atoms with Crippen LogP contribution in [0, 0.1) is 0 Å². The average Bonchev–Trinajstić information content (AvgIpc) is 3.03. The van der Waals surface area contributed by atoms with E-state index in [2.05, 4.69) is 30.6 Å². The third-order valence-corrected chi connectivity index (χ3v) is 1.95. The van der Waals surface area contributed by atoms with Crippen molar-refractivity contribution in [2.75, 3.05) is 0 Å². The summed E-state index contributed by atoms with van der Waals surface area (Å²) < 4.78 is 3.09. The summed E-state index contributed by atoms with van der Waals surface area (Å²) in [5.74, 6) is 1.25. The fourth-order valence-corrected chi connectivity index (χ4v) is 1.25. The van der Waals surface area contributed by atoms with Gasteiger partial charge in [-0.05, 0) is 0 Å². The van der Waals surface area contributed by atoms with Crippen LogP contribution in [-0.4, -0.2) is 40.0 Å². The molecule has 3 aromatic rings. The molecular weight excluding hydrogens is 208 g/mol. The smallest absolute Gasteiger partial charge is 0.160 e. The Morgan fingerprint density at radius 3 is 1.81 bits per heavy atom. The molecule has 3 rings (SSSR count). The summed E-state index contributed by atoms with van der Waals surface area (Å²) in [6.45, 7) is 0. The second-order valence-electron chi connectivity index (χ2n) is 2.93. The van der Waals surface area contributed by atoms with Crippen LogP contribution < -0.4 is 0 Å². The van der Waals surface area contributed by atoms with Crippen molar-refractivity contribution in [1.29, 1.82) is 0 Å². The van der Waals surface area contributed by atoms with Crippen LogP contribution in [0.15, 0.2) is 37.2 Å². The van der Waals surface area contributed by atoms with Crippen molar-refractivity contribution in [2.24, 2.45) is 0 Å². The third-order valence-electron chi connectivity index (χ3n) is 1.95. The molecule has 0 spiro atoms. The maximum Gasteiger partial charge on any atom is 0.160 e. The van der Waals surface area contributed by atoms with Crippen LogP contribution in [0.2, 0.25) is 0 Å². The zero-order valence-electron chi connectivity index (χ0n) is 8.04. The maximum atomic E-state index is 4.08. The minimum absolute atomic E-state index is 0.623. The standard InChI is InChI=1S/C8H6N8/c1-3-15(13-11-1)7-5-8(10-6-9-7)16-4-2-12-14-16/h1-6H. The van der Waals surface area contributed by atoms with Crippen molar-refractivity contribution in [1.82, 2.24) is 40.0 Å². The second kappa shape index (κ2) is 3.50. The molecule has 0 atom stereocenters. The molecule has 0 radical (unpaired) electrons. The van der Waals surface area contributed by atoms with E-state index in [9.17, 15) is 0 Å². The predicted molar refractivity (Wildman–Crippen MR) is 51.9 cm³/mol. The molecule has 0 N–H and O–H groups in total. The van der Waals surface area contributed by atoms with Gasteiger partial charge in [-0.2, -0.15) is 0 Å². The Bertz CT molecular complexity index is 520. The molecule has 0 fully saturated rings. The van der Waals surface area contributed by atoms with Crippen molar-refractivity contribution >= 4 is 0 Å². The molecule has 0 amide bonds. The Hall–Kier alpha value is -2.64. The van der Waals surface area contributed by atoms with E-state index in [-0.39, 0.29) is 0 Å². The first kappa shape index (κ1) is 8.65. The van der Waals surface area contributed by atoms with Crippen LogP contribution in [0.25, 0.3) is 11.6 Å². The van der Waals surface area contributed by atoms with Crippen molar-refractivity contribution in [3.63, 3.8) is 0 Å². The first-order valence-electron chi connectivity index (χ1n) is 4.49. The van der Waals surface area contributed by atoms with E-state index in [0.717, 1.165) is 0 Å². The molecule has 0 saturated heterocycles. The maximum absolute atomic E-state index is 4.08. The highest BCUT2D eigenvalue weighted by Crippen LogP contribution is 2.05. The molecule has 8 heteroatoms. The highest BCUT2D eigenvalue weighted by atomic mass is 15.4. The van der Waals surface area contributed by atoms with Gasteiger partial charge in [0.1, 0.15) is 6.33 Å². The molecular formula is C8H6N8. The zero-order valence-corrected chi connectivity index (χ0v) is 8.04. The Balaban J connectivity index is 2.07. The number of hydrogen-bond acceptors (Lipinski definition) is 6. The molecule has 0 aliphatic rings. The largest absolute Gasteiger partial charge is 0.217 e. The quantitative estimate of drug-likeness (QED) is 0.578. The number of aromatic nitrogens is 8. The van der Waals surface area contributed by atoms with Crippen LogP contribution >= 0.6 is 0 Å². The van der Waals surface area contributed by atoms with Gasteiger partial charge in [-0.25, -0.2) is 19.3 Å². The number of nitrogens with zero attached hydrogens (tertiary/aromatic N) is 8. The predicted octanol–water partition coefficient (Wildman–Crippen LogP) is -0.362. The van der Waals surface area contributed by atoms with Gasteiger partial charge in [0.25, 0.3) is 0 Å².